The van der Waals surface area contributed by atoms with Crippen molar-refractivity contribution >= 4 is 50.8 Å². The molecule has 0 spiro atoms. The van der Waals surface area contributed by atoms with Crippen molar-refractivity contribution in [2.45, 2.75) is 74.7 Å². The number of hydrogen-bond donors (Lipinski definition) is 0. The first kappa shape index (κ1) is 37.6. The number of ether oxygens (including phenoxy) is 2. The number of piperidine rings is 2. The normalized spacial score (nSPS) is 19.7. The third-order valence-corrected chi connectivity index (χ3v) is 13.7. The summed E-state index contributed by atoms with van der Waals surface area (Å²) in [7, 11) is 0. The van der Waals surface area contributed by atoms with E-state index >= 15 is 8.78 Å². The van der Waals surface area contributed by atoms with E-state index in [4.69, 9.17) is 32.7 Å². The summed E-state index contributed by atoms with van der Waals surface area (Å²) >= 11 is 13.4. The molecular formula is C47H42Cl2F2N4O3. The molecule has 7 nitrogen and oxygen atoms in total. The molecule has 4 fully saturated rings. The van der Waals surface area contributed by atoms with Crippen LogP contribution in [-0.2, 0) is 4.79 Å². The topological polar surface area (TPSA) is 67.8 Å². The first-order chi connectivity index (χ1) is 28.2. The van der Waals surface area contributed by atoms with Crippen molar-refractivity contribution < 1.29 is 23.0 Å². The van der Waals surface area contributed by atoms with Gasteiger partial charge in [-0.1, -0.05) is 71.7 Å². The number of aromatic nitrogens is 2. The van der Waals surface area contributed by atoms with Crippen LogP contribution in [0.1, 0.15) is 51.4 Å². The summed E-state index contributed by atoms with van der Waals surface area (Å²) in [4.78, 5) is 28.0. The largest absolute Gasteiger partial charge is 0.487 e. The van der Waals surface area contributed by atoms with Gasteiger partial charge in [0.2, 0.25) is 0 Å². The Morgan fingerprint density at radius 2 is 1.02 bits per heavy atom. The zero-order valence-electron chi connectivity index (χ0n) is 31.9. The van der Waals surface area contributed by atoms with Crippen LogP contribution in [0, 0.1) is 11.6 Å². The van der Waals surface area contributed by atoms with E-state index < -0.39 is 22.7 Å². The van der Waals surface area contributed by atoms with Crippen molar-refractivity contribution in [2.24, 2.45) is 0 Å². The van der Waals surface area contributed by atoms with E-state index in [2.05, 4.69) is 19.8 Å². The summed E-state index contributed by atoms with van der Waals surface area (Å²) in [6, 6.07) is 25.2. The lowest BCUT2D eigenvalue weighted by Gasteiger charge is -2.42. The summed E-state index contributed by atoms with van der Waals surface area (Å²) in [6.45, 7) is 2.93. The Morgan fingerprint density at radius 3 is 1.40 bits per heavy atom. The molecule has 0 N–H and O–H groups in total. The first-order valence-corrected chi connectivity index (χ1v) is 21.0. The highest BCUT2D eigenvalue weighted by atomic mass is 35.5. The maximum atomic E-state index is 15.4. The second kappa shape index (κ2) is 14.9. The van der Waals surface area contributed by atoms with Crippen molar-refractivity contribution in [3.8, 4) is 33.8 Å². The van der Waals surface area contributed by atoms with Crippen LogP contribution in [-0.4, -0.2) is 75.0 Å². The molecule has 11 heteroatoms. The van der Waals surface area contributed by atoms with E-state index in [0.717, 1.165) is 99.4 Å². The Kier molecular flexibility index (Phi) is 9.63. The van der Waals surface area contributed by atoms with Crippen LogP contribution in [0.15, 0.2) is 97.3 Å². The highest BCUT2D eigenvalue weighted by Gasteiger charge is 2.66. The Morgan fingerprint density at radius 1 is 0.603 bits per heavy atom. The maximum absolute atomic E-state index is 15.4. The van der Waals surface area contributed by atoms with E-state index in [1.807, 2.05) is 60.7 Å². The molecule has 2 aromatic heterocycles. The Hall–Kier alpha value is -4.67. The lowest BCUT2D eigenvalue weighted by Crippen LogP contribution is -2.58. The molecule has 2 saturated carbocycles. The lowest BCUT2D eigenvalue weighted by atomic mass is 9.93. The zero-order valence-corrected chi connectivity index (χ0v) is 33.4. The first-order valence-electron chi connectivity index (χ1n) is 20.3. The number of Topliss-reactive ketones (excluding diaryl/α,β-unsaturated/α-hetero) is 1. The van der Waals surface area contributed by atoms with Gasteiger partial charge in [-0.3, -0.25) is 24.6 Å². The van der Waals surface area contributed by atoms with Crippen LogP contribution in [0.4, 0.5) is 8.78 Å². The lowest BCUT2D eigenvalue weighted by molar-refractivity contribution is -0.135. The van der Waals surface area contributed by atoms with E-state index in [1.54, 1.807) is 24.5 Å². The summed E-state index contributed by atoms with van der Waals surface area (Å²) in [5, 5.41) is 2.84. The number of benzene rings is 4. The van der Waals surface area contributed by atoms with E-state index in [1.165, 1.54) is 12.1 Å². The Labute approximate surface area is 345 Å². The second-order valence-corrected chi connectivity index (χ2v) is 17.1. The molecule has 58 heavy (non-hydrogen) atoms. The van der Waals surface area contributed by atoms with Gasteiger partial charge < -0.3 is 9.47 Å². The average Bonchev–Trinajstić information content (AvgIpc) is 4.20. The fourth-order valence-corrected chi connectivity index (χ4v) is 10.1. The second-order valence-electron chi connectivity index (χ2n) is 16.3. The quantitative estimate of drug-likeness (QED) is 0.136. The molecule has 4 aromatic carbocycles. The Bertz CT molecular complexity index is 2390. The molecule has 10 rings (SSSR count). The van der Waals surface area contributed by atoms with Gasteiger partial charge in [0.15, 0.2) is 28.9 Å². The molecule has 4 aliphatic rings. The smallest absolute Gasteiger partial charge is 0.173 e. The molecule has 0 atom stereocenters. The predicted octanol–water partition coefficient (Wildman–Crippen LogP) is 10.7. The molecule has 0 unspecified atom stereocenters. The number of rotatable bonds is 10. The number of pyridine rings is 2. The van der Waals surface area contributed by atoms with Gasteiger partial charge in [0.1, 0.15) is 12.2 Å². The summed E-state index contributed by atoms with van der Waals surface area (Å²) in [6.07, 6.45) is 9.49. The molecule has 0 amide bonds. The van der Waals surface area contributed by atoms with Crippen molar-refractivity contribution in [1.82, 2.24) is 19.8 Å². The predicted molar refractivity (Wildman–Crippen MR) is 224 cm³/mol. The van der Waals surface area contributed by atoms with E-state index in [-0.39, 0.29) is 23.7 Å². The minimum absolute atomic E-state index is 0.139. The highest BCUT2D eigenvalue weighted by molar-refractivity contribution is 6.38. The SMILES string of the molecule is O=C(C1(N2CCC(Oc3ccc(-c4ccc5cccnc5c4Cl)cc3F)CC2)CC1)C1(N2CCC(Oc3ccc(-c4ccc5cccnc5c4Cl)cc3F)CC2)CC1. The number of fused-ring (bicyclic) bond motifs is 2. The molecule has 4 heterocycles. The van der Waals surface area contributed by atoms with E-state index in [9.17, 15) is 4.79 Å². The van der Waals surface area contributed by atoms with Gasteiger partial charge in [-0.15, -0.1) is 0 Å². The third kappa shape index (κ3) is 6.70. The number of halogens is 4. The van der Waals surface area contributed by atoms with Crippen LogP contribution >= 0.6 is 23.2 Å². The number of hydrogen-bond acceptors (Lipinski definition) is 7. The summed E-state index contributed by atoms with van der Waals surface area (Å²) in [5.74, 6) is -0.0604. The van der Waals surface area contributed by atoms with Crippen molar-refractivity contribution in [3.05, 3.63) is 119 Å². The summed E-state index contributed by atoms with van der Waals surface area (Å²) < 4.78 is 43.3. The fraction of sp³-hybridized carbons (Fsp3) is 0.340. The van der Waals surface area contributed by atoms with Gasteiger partial charge in [-0.05, 0) is 98.9 Å². The van der Waals surface area contributed by atoms with Crippen LogP contribution in [0.2, 0.25) is 10.0 Å². The van der Waals surface area contributed by atoms with Gasteiger partial charge in [-0.25, -0.2) is 8.78 Å². The van der Waals surface area contributed by atoms with Crippen LogP contribution in [0.5, 0.6) is 11.5 Å². The van der Waals surface area contributed by atoms with Gasteiger partial charge in [0.05, 0.1) is 32.2 Å². The molecule has 2 aliphatic heterocycles. The van der Waals surface area contributed by atoms with Crippen LogP contribution in [0.25, 0.3) is 44.1 Å². The van der Waals surface area contributed by atoms with E-state index in [0.29, 0.717) is 38.0 Å². The van der Waals surface area contributed by atoms with Crippen LogP contribution in [0.3, 0.4) is 0 Å². The number of carbonyl (C=O) groups is 1. The molecule has 6 aromatic rings. The fourth-order valence-electron chi connectivity index (χ4n) is 9.40. The van der Waals surface area contributed by atoms with Gasteiger partial charge in [0.25, 0.3) is 0 Å². The van der Waals surface area contributed by atoms with Crippen molar-refractivity contribution in [1.29, 1.82) is 0 Å². The van der Waals surface area contributed by atoms with Crippen LogP contribution < -0.4 is 9.47 Å². The number of carbonyl (C=O) groups excluding carboxylic acids is 1. The van der Waals surface area contributed by atoms with Crippen molar-refractivity contribution in [2.75, 3.05) is 26.2 Å². The van der Waals surface area contributed by atoms with Gasteiger partial charge >= 0.3 is 0 Å². The monoisotopic (exact) mass is 818 g/mol. The number of ketones is 1. The molecular weight excluding hydrogens is 777 g/mol. The maximum Gasteiger partial charge on any atom is 0.173 e. The molecule has 0 bridgehead atoms. The minimum atomic E-state index is -0.431. The molecule has 2 saturated heterocycles. The van der Waals surface area contributed by atoms with Gasteiger partial charge in [-0.2, -0.15) is 0 Å². The molecule has 0 radical (unpaired) electrons. The summed E-state index contributed by atoms with van der Waals surface area (Å²) in [5.41, 5.74) is 3.28. The standard InChI is InChI=1S/C47H42Cl2F2N4O3/c48-41-35(9-5-29-3-1-21-52-43(29)41)31-7-11-39(37(50)27-31)57-33-13-23-54(24-14-33)46(17-18-46)45(56)47(19-20-47)55-25-15-34(16-26-55)58-40-12-8-32(28-38(40)51)36-10-6-30-4-2-22-53-44(30)42(36)49/h1-12,21-22,27-28,33-34H,13-20,23-26H2. The Balaban J connectivity index is 0.735. The minimum Gasteiger partial charge on any atom is -0.487 e. The van der Waals surface area contributed by atoms with Gasteiger partial charge in [0, 0.05) is 60.5 Å². The third-order valence-electron chi connectivity index (χ3n) is 12.9. The average molecular weight is 820 g/mol. The van der Waals surface area contributed by atoms with Crippen molar-refractivity contribution in [3.63, 3.8) is 0 Å². The number of likely N-dealkylation sites (tertiary alicyclic amines) is 2. The highest BCUT2D eigenvalue weighted by Crippen LogP contribution is 2.55. The molecule has 2 aliphatic carbocycles. The zero-order chi connectivity index (χ0) is 39.6. The molecule has 296 valence electrons. The number of nitrogens with zero attached hydrogens (tertiary/aromatic N) is 4.